The maximum absolute atomic E-state index is 4.39. The number of thiol groups is 2. The fourth-order valence-corrected chi connectivity index (χ4v) is 2.74. The van der Waals surface area contributed by atoms with Gasteiger partial charge >= 0.3 is 0 Å². The lowest BCUT2D eigenvalue weighted by atomic mass is 10.1. The molecule has 0 atom stereocenters. The molecule has 0 amide bonds. The third-order valence-electron chi connectivity index (χ3n) is 2.91. The molecule has 1 aliphatic rings. The monoisotopic (exact) mass is 242 g/mol. The number of rotatable bonds is 0. The van der Waals surface area contributed by atoms with E-state index in [0.717, 1.165) is 9.81 Å². The van der Waals surface area contributed by atoms with Crippen molar-refractivity contribution in [3.63, 3.8) is 0 Å². The van der Waals surface area contributed by atoms with Gasteiger partial charge in [0, 0.05) is 9.81 Å². The molecule has 0 N–H and O–H groups in total. The van der Waals surface area contributed by atoms with Crippen molar-refractivity contribution in [3.05, 3.63) is 63.9 Å². The summed E-state index contributed by atoms with van der Waals surface area (Å²) in [4.78, 5) is 0. The molecule has 0 heterocycles. The predicted molar refractivity (Wildman–Crippen MR) is 75.9 cm³/mol. The second kappa shape index (κ2) is 3.72. The van der Waals surface area contributed by atoms with Gasteiger partial charge in [-0.05, 0) is 22.3 Å². The summed E-state index contributed by atoms with van der Waals surface area (Å²) in [5, 5.41) is 0. The van der Waals surface area contributed by atoms with Crippen LogP contribution in [-0.4, -0.2) is 0 Å². The Hall–Kier alpha value is -1.12. The van der Waals surface area contributed by atoms with Gasteiger partial charge in [-0.25, -0.2) is 0 Å². The van der Waals surface area contributed by atoms with Crippen LogP contribution < -0.4 is 0 Å². The standard InChI is InChI=1S/C14H10S2/c15-14(16)13-11-7-3-1-5-9(11)10-6-2-4-8-12(10)13/h1-8,15-16H. The molecule has 1 aliphatic carbocycles. The Morgan fingerprint density at radius 3 is 1.38 bits per heavy atom. The highest BCUT2D eigenvalue weighted by molar-refractivity contribution is 8.05. The summed E-state index contributed by atoms with van der Waals surface area (Å²) in [5.74, 6) is 0. The van der Waals surface area contributed by atoms with Crippen molar-refractivity contribution in [1.29, 1.82) is 0 Å². The van der Waals surface area contributed by atoms with Gasteiger partial charge in [0.05, 0.1) is 0 Å². The summed E-state index contributed by atoms with van der Waals surface area (Å²) >= 11 is 8.77. The molecule has 0 nitrogen and oxygen atoms in total. The Balaban J connectivity index is 2.44. The summed E-state index contributed by atoms with van der Waals surface area (Å²) in [6.07, 6.45) is 0. The number of benzene rings is 2. The van der Waals surface area contributed by atoms with Crippen LogP contribution in [0.1, 0.15) is 11.1 Å². The van der Waals surface area contributed by atoms with Crippen molar-refractivity contribution in [2.75, 3.05) is 0 Å². The van der Waals surface area contributed by atoms with Crippen molar-refractivity contribution in [1.82, 2.24) is 0 Å². The van der Waals surface area contributed by atoms with E-state index in [1.807, 2.05) is 0 Å². The summed E-state index contributed by atoms with van der Waals surface area (Å²) in [6.45, 7) is 0. The Bertz CT molecular complexity index is 546. The van der Waals surface area contributed by atoms with E-state index in [1.54, 1.807) is 0 Å². The fraction of sp³-hybridized carbons (Fsp3) is 0. The molecule has 0 saturated carbocycles. The molecule has 2 aromatic carbocycles. The highest BCUT2D eigenvalue weighted by Gasteiger charge is 2.23. The highest BCUT2D eigenvalue weighted by Crippen LogP contribution is 2.46. The molecule has 16 heavy (non-hydrogen) atoms. The molecule has 0 fully saturated rings. The SMILES string of the molecule is SC(S)=C1c2ccccc2-c2ccccc21. The average Bonchev–Trinajstić information content (AvgIpc) is 2.63. The zero-order chi connectivity index (χ0) is 11.1. The molecule has 0 unspecified atom stereocenters. The number of hydrogen-bond acceptors (Lipinski definition) is 2. The minimum Gasteiger partial charge on any atom is -0.136 e. The van der Waals surface area contributed by atoms with Crippen LogP contribution in [0.4, 0.5) is 0 Å². The quantitative estimate of drug-likeness (QED) is 0.541. The van der Waals surface area contributed by atoms with Gasteiger partial charge in [0.2, 0.25) is 0 Å². The largest absolute Gasteiger partial charge is 0.136 e. The zero-order valence-corrected chi connectivity index (χ0v) is 10.3. The van der Waals surface area contributed by atoms with Gasteiger partial charge in [0.15, 0.2) is 0 Å². The first-order valence-corrected chi connectivity index (χ1v) is 6.00. The van der Waals surface area contributed by atoms with Crippen LogP contribution in [0.15, 0.2) is 52.8 Å². The lowest BCUT2D eigenvalue weighted by Crippen LogP contribution is -1.80. The van der Waals surface area contributed by atoms with Crippen molar-refractivity contribution in [2.24, 2.45) is 0 Å². The number of fused-ring (bicyclic) bond motifs is 3. The lowest BCUT2D eigenvalue weighted by Gasteiger charge is -2.03. The minimum atomic E-state index is 0.775. The maximum Gasteiger partial charge on any atom is 0.0425 e. The first kappa shape index (κ1) is 10.1. The second-order valence-corrected chi connectivity index (χ2v) is 5.04. The first-order chi connectivity index (χ1) is 7.79. The van der Waals surface area contributed by atoms with E-state index in [0.29, 0.717) is 0 Å². The van der Waals surface area contributed by atoms with Crippen LogP contribution in [0.2, 0.25) is 0 Å². The normalized spacial score (nSPS) is 12.2. The highest BCUT2D eigenvalue weighted by atomic mass is 32.2. The molecule has 3 rings (SSSR count). The molecule has 78 valence electrons. The van der Waals surface area contributed by atoms with E-state index in [9.17, 15) is 0 Å². The maximum atomic E-state index is 4.39. The molecule has 2 aromatic rings. The van der Waals surface area contributed by atoms with Gasteiger partial charge in [-0.15, -0.1) is 25.3 Å². The van der Waals surface area contributed by atoms with Gasteiger partial charge in [-0.1, -0.05) is 48.5 Å². The Morgan fingerprint density at radius 1 is 0.625 bits per heavy atom. The third kappa shape index (κ3) is 1.34. The van der Waals surface area contributed by atoms with Crippen LogP contribution >= 0.6 is 25.3 Å². The fourth-order valence-electron chi connectivity index (χ4n) is 2.26. The van der Waals surface area contributed by atoms with Crippen molar-refractivity contribution in [3.8, 4) is 11.1 Å². The third-order valence-corrected chi connectivity index (χ3v) is 3.35. The topological polar surface area (TPSA) is 0 Å². The van der Waals surface area contributed by atoms with Crippen LogP contribution in [0.3, 0.4) is 0 Å². The van der Waals surface area contributed by atoms with E-state index in [2.05, 4.69) is 73.8 Å². The van der Waals surface area contributed by atoms with Gasteiger partial charge < -0.3 is 0 Å². The second-order valence-electron chi connectivity index (χ2n) is 3.79. The summed E-state index contributed by atoms with van der Waals surface area (Å²) < 4.78 is 0.775. The van der Waals surface area contributed by atoms with Crippen LogP contribution in [-0.2, 0) is 0 Å². The van der Waals surface area contributed by atoms with E-state index >= 15 is 0 Å². The van der Waals surface area contributed by atoms with E-state index < -0.39 is 0 Å². The summed E-state index contributed by atoms with van der Waals surface area (Å²) in [6, 6.07) is 16.8. The smallest absolute Gasteiger partial charge is 0.0425 e. The van der Waals surface area contributed by atoms with Gasteiger partial charge in [0.25, 0.3) is 0 Å². The van der Waals surface area contributed by atoms with E-state index in [4.69, 9.17) is 0 Å². The Kier molecular flexibility index (Phi) is 2.34. The van der Waals surface area contributed by atoms with E-state index in [1.165, 1.54) is 22.3 Å². The van der Waals surface area contributed by atoms with Crippen molar-refractivity contribution in [2.45, 2.75) is 0 Å². The molecule has 2 heteroatoms. The predicted octanol–water partition coefficient (Wildman–Crippen LogP) is 4.24. The van der Waals surface area contributed by atoms with Crippen LogP contribution in [0.5, 0.6) is 0 Å². The summed E-state index contributed by atoms with van der Waals surface area (Å²) in [7, 11) is 0. The molecule has 0 bridgehead atoms. The summed E-state index contributed by atoms with van der Waals surface area (Å²) in [5.41, 5.74) is 6.13. The zero-order valence-electron chi connectivity index (χ0n) is 8.51. The minimum absolute atomic E-state index is 0.775. The Labute approximate surface area is 106 Å². The van der Waals surface area contributed by atoms with Crippen LogP contribution in [0.25, 0.3) is 16.7 Å². The van der Waals surface area contributed by atoms with Crippen molar-refractivity contribution < 1.29 is 0 Å². The lowest BCUT2D eigenvalue weighted by molar-refractivity contribution is 1.65. The molecule has 0 radical (unpaired) electrons. The van der Waals surface area contributed by atoms with Crippen molar-refractivity contribution >= 4 is 30.8 Å². The molecule has 0 aromatic heterocycles. The first-order valence-electron chi connectivity index (χ1n) is 5.10. The van der Waals surface area contributed by atoms with Gasteiger partial charge in [-0.2, -0.15) is 0 Å². The molecule has 0 aliphatic heterocycles. The van der Waals surface area contributed by atoms with Gasteiger partial charge in [0.1, 0.15) is 0 Å². The van der Waals surface area contributed by atoms with Crippen LogP contribution in [0, 0.1) is 0 Å². The number of hydrogen-bond donors (Lipinski definition) is 2. The average molecular weight is 242 g/mol. The molecular formula is C14H10S2. The molecular weight excluding hydrogens is 232 g/mol. The molecule has 0 spiro atoms. The van der Waals surface area contributed by atoms with Gasteiger partial charge in [-0.3, -0.25) is 0 Å². The van der Waals surface area contributed by atoms with E-state index in [-0.39, 0.29) is 0 Å². The molecule has 0 saturated heterocycles. The Morgan fingerprint density at radius 2 is 1.00 bits per heavy atom.